The Bertz CT molecular complexity index is 787. The molecular weight excluding hydrogens is 582 g/mol. The largest absolute Gasteiger partial charge is 0.465 e. The molecule has 1 heterocycles. The van der Waals surface area contributed by atoms with Crippen LogP contribution in [-0.4, -0.2) is 51.3 Å². The van der Waals surface area contributed by atoms with Gasteiger partial charge in [0.05, 0.1) is 31.1 Å². The number of aromatic nitrogens is 2. The summed E-state index contributed by atoms with van der Waals surface area (Å²) in [5, 5.41) is 10.9. The van der Waals surface area contributed by atoms with Crippen molar-refractivity contribution < 1.29 is 14.6 Å². The van der Waals surface area contributed by atoms with Crippen LogP contribution in [0.2, 0.25) is 0 Å². The van der Waals surface area contributed by atoms with Crippen molar-refractivity contribution >= 4 is 5.97 Å². The molecule has 1 N–H and O–H groups in total. The van der Waals surface area contributed by atoms with Crippen LogP contribution in [0.3, 0.4) is 0 Å². The van der Waals surface area contributed by atoms with Gasteiger partial charge in [0, 0.05) is 25.5 Å². The molecule has 0 aliphatic carbocycles. The molecule has 6 nitrogen and oxygen atoms in total. The zero-order valence-electron chi connectivity index (χ0n) is 31.8. The molecule has 0 fully saturated rings. The van der Waals surface area contributed by atoms with Crippen molar-refractivity contribution in [2.45, 2.75) is 213 Å². The number of nitrogens with zero attached hydrogens (tertiary/aromatic N) is 3. The maximum Gasteiger partial charge on any atom is 0.308 e. The Kier molecular flexibility index (Phi) is 29.6. The average Bonchev–Trinajstić information content (AvgIpc) is 3.62. The number of aliphatic hydroxyl groups is 1. The van der Waals surface area contributed by atoms with E-state index in [0.717, 1.165) is 70.8 Å². The molecule has 0 saturated heterocycles. The van der Waals surface area contributed by atoms with Gasteiger partial charge in [-0.05, 0) is 39.0 Å². The summed E-state index contributed by atoms with van der Waals surface area (Å²) < 4.78 is 7.96. The first-order chi connectivity index (χ1) is 23.0. The molecule has 0 aromatic carbocycles. The van der Waals surface area contributed by atoms with Crippen LogP contribution in [0, 0.1) is 5.92 Å². The summed E-state index contributed by atoms with van der Waals surface area (Å²) in [5.41, 5.74) is 0. The van der Waals surface area contributed by atoms with Crippen LogP contribution in [0.15, 0.2) is 18.7 Å². The molecule has 6 heteroatoms. The normalized spacial score (nSPS) is 13.7. The quantitative estimate of drug-likeness (QED) is 0.0579. The third kappa shape index (κ3) is 24.4. The maximum atomic E-state index is 13.0. The van der Waals surface area contributed by atoms with Gasteiger partial charge in [-0.2, -0.15) is 0 Å². The third-order valence-electron chi connectivity index (χ3n) is 10.1. The van der Waals surface area contributed by atoms with Gasteiger partial charge >= 0.3 is 5.97 Å². The molecular formula is C41H79N3O3. The van der Waals surface area contributed by atoms with Gasteiger partial charge in [0.15, 0.2) is 0 Å². The number of carbonyl (C=O) groups excluding carboxylic acids is 1. The van der Waals surface area contributed by atoms with Crippen LogP contribution in [-0.2, 0) is 9.53 Å². The minimum absolute atomic E-state index is 0.0479. The van der Waals surface area contributed by atoms with Gasteiger partial charge in [-0.15, -0.1) is 0 Å². The Morgan fingerprint density at radius 3 is 1.68 bits per heavy atom. The van der Waals surface area contributed by atoms with E-state index in [1.807, 2.05) is 18.7 Å². The number of hydrogen-bond acceptors (Lipinski definition) is 5. The zero-order valence-corrected chi connectivity index (χ0v) is 31.8. The van der Waals surface area contributed by atoms with Gasteiger partial charge in [0.1, 0.15) is 0 Å². The fourth-order valence-corrected chi connectivity index (χ4v) is 6.77. The Balaban J connectivity index is 2.34. The van der Waals surface area contributed by atoms with Crippen LogP contribution >= 0.6 is 0 Å². The highest BCUT2D eigenvalue weighted by Gasteiger charge is 2.20. The van der Waals surface area contributed by atoms with E-state index in [0.29, 0.717) is 13.2 Å². The lowest BCUT2D eigenvalue weighted by Crippen LogP contribution is -2.37. The van der Waals surface area contributed by atoms with Crippen LogP contribution < -0.4 is 0 Å². The Morgan fingerprint density at radius 1 is 0.681 bits per heavy atom. The molecule has 1 rings (SSSR count). The maximum absolute atomic E-state index is 13.0. The van der Waals surface area contributed by atoms with Gasteiger partial charge < -0.3 is 14.4 Å². The number of rotatable bonds is 35. The van der Waals surface area contributed by atoms with Crippen molar-refractivity contribution in [2.75, 3.05) is 19.7 Å². The Hall–Kier alpha value is -1.40. The highest BCUT2D eigenvalue weighted by atomic mass is 16.5. The number of esters is 1. The molecule has 0 aliphatic heterocycles. The molecule has 0 saturated carbocycles. The van der Waals surface area contributed by atoms with E-state index in [1.165, 1.54) is 109 Å². The van der Waals surface area contributed by atoms with Crippen LogP contribution in [0.4, 0.5) is 0 Å². The first-order valence-corrected chi connectivity index (χ1v) is 20.6. The van der Waals surface area contributed by atoms with E-state index in [2.05, 4.69) is 42.1 Å². The van der Waals surface area contributed by atoms with E-state index in [1.54, 1.807) is 0 Å². The van der Waals surface area contributed by atoms with Crippen LogP contribution in [0.25, 0.3) is 0 Å². The average molecular weight is 662 g/mol. The molecule has 0 amide bonds. The van der Waals surface area contributed by atoms with Crippen molar-refractivity contribution in [3.05, 3.63) is 18.7 Å². The lowest BCUT2D eigenvalue weighted by molar-refractivity contribution is -0.149. The summed E-state index contributed by atoms with van der Waals surface area (Å²) in [6.07, 6.45) is 38.3. The second-order valence-corrected chi connectivity index (χ2v) is 14.4. The number of unbranched alkanes of at least 4 members (excludes halogenated alkanes) is 20. The van der Waals surface area contributed by atoms with Gasteiger partial charge in [0.25, 0.3) is 0 Å². The van der Waals surface area contributed by atoms with Crippen molar-refractivity contribution in [1.29, 1.82) is 0 Å². The number of carbonyl (C=O) groups is 1. The second kappa shape index (κ2) is 31.8. The zero-order chi connectivity index (χ0) is 34.2. The molecule has 1 aromatic rings. The van der Waals surface area contributed by atoms with E-state index in [-0.39, 0.29) is 24.2 Å². The highest BCUT2D eigenvalue weighted by Crippen LogP contribution is 2.21. The van der Waals surface area contributed by atoms with E-state index < -0.39 is 0 Å². The number of hydrogen-bond donors (Lipinski definition) is 1. The summed E-state index contributed by atoms with van der Waals surface area (Å²) >= 11 is 0. The van der Waals surface area contributed by atoms with E-state index in [4.69, 9.17) is 4.74 Å². The van der Waals surface area contributed by atoms with Gasteiger partial charge in [-0.3, -0.25) is 9.69 Å². The number of imidazole rings is 1. The Morgan fingerprint density at radius 2 is 1.15 bits per heavy atom. The van der Waals surface area contributed by atoms with Crippen molar-refractivity contribution in [1.82, 2.24) is 14.5 Å². The molecule has 0 spiro atoms. The first kappa shape index (κ1) is 43.6. The monoisotopic (exact) mass is 662 g/mol. The highest BCUT2D eigenvalue weighted by molar-refractivity contribution is 5.72. The summed E-state index contributed by atoms with van der Waals surface area (Å²) in [7, 11) is 0. The molecule has 47 heavy (non-hydrogen) atoms. The van der Waals surface area contributed by atoms with Crippen molar-refractivity contribution in [3.8, 4) is 0 Å². The smallest absolute Gasteiger partial charge is 0.308 e. The molecule has 1 aromatic heterocycles. The topological polar surface area (TPSA) is 67.6 Å². The Labute approximate surface area is 292 Å². The fraction of sp³-hybridized carbons (Fsp3) is 0.902. The lowest BCUT2D eigenvalue weighted by atomic mass is 9.94. The number of ether oxygens (including phenoxy) is 1. The van der Waals surface area contributed by atoms with Crippen molar-refractivity contribution in [3.63, 3.8) is 0 Å². The predicted octanol–water partition coefficient (Wildman–Crippen LogP) is 11.8. The molecule has 276 valence electrons. The van der Waals surface area contributed by atoms with Gasteiger partial charge in [0.2, 0.25) is 0 Å². The molecule has 0 bridgehead atoms. The molecule has 0 radical (unpaired) electrons. The standard InChI is InChI=1S/C41H79N3O3/c1-5-8-11-14-16-17-18-19-21-26-31-40(45)36-43(38(4)44-34-32-42-37-44)33-27-22-23-28-35-47-41(46)39(29-24-13-10-7-3)30-25-20-15-12-9-6-2/h32,34,37-40,45H,5-31,33,35-36H2,1-4H3. The van der Waals surface area contributed by atoms with Gasteiger partial charge in [-0.25, -0.2) is 4.98 Å². The van der Waals surface area contributed by atoms with Crippen LogP contribution in [0.1, 0.15) is 207 Å². The van der Waals surface area contributed by atoms with Crippen molar-refractivity contribution in [2.24, 2.45) is 5.92 Å². The molecule has 0 aliphatic rings. The first-order valence-electron chi connectivity index (χ1n) is 20.6. The summed E-state index contributed by atoms with van der Waals surface area (Å²) in [4.78, 5) is 19.6. The van der Waals surface area contributed by atoms with E-state index >= 15 is 0 Å². The minimum atomic E-state index is -0.291. The third-order valence-corrected chi connectivity index (χ3v) is 10.1. The van der Waals surface area contributed by atoms with E-state index in [9.17, 15) is 9.90 Å². The summed E-state index contributed by atoms with van der Waals surface area (Å²) in [5.74, 6) is 0.134. The minimum Gasteiger partial charge on any atom is -0.465 e. The second-order valence-electron chi connectivity index (χ2n) is 14.4. The summed E-state index contributed by atoms with van der Waals surface area (Å²) in [6.45, 7) is 11.2. The van der Waals surface area contributed by atoms with Crippen LogP contribution in [0.5, 0.6) is 0 Å². The predicted molar refractivity (Wildman–Crippen MR) is 201 cm³/mol. The van der Waals surface area contributed by atoms with Gasteiger partial charge in [-0.1, -0.05) is 162 Å². The fourth-order valence-electron chi connectivity index (χ4n) is 6.77. The SMILES string of the molecule is CCCCCCCCCCCCC(O)CN(CCCCCCOC(=O)C(CCCCCC)CCCCCCCC)C(C)n1ccnc1. The summed E-state index contributed by atoms with van der Waals surface area (Å²) in [6, 6.07) is 0. The molecule has 3 unspecified atom stereocenters. The lowest BCUT2D eigenvalue weighted by Gasteiger charge is -2.31. The number of aliphatic hydroxyl groups excluding tert-OH is 1. The molecule has 3 atom stereocenters.